The first-order valence-corrected chi connectivity index (χ1v) is 11.3. The zero-order valence-electron chi connectivity index (χ0n) is 16.8. The Morgan fingerprint density at radius 2 is 1.79 bits per heavy atom. The van der Waals surface area contributed by atoms with Crippen molar-refractivity contribution in [3.8, 4) is 11.5 Å². The SMILES string of the molecule is CCOc1cc(OCC)c(/C=C2/SC(Nc3ccc(CC)cc3)NC2=O)cc1Br. The summed E-state index contributed by atoms with van der Waals surface area (Å²) in [6, 6.07) is 12.0. The van der Waals surface area contributed by atoms with Gasteiger partial charge in [0, 0.05) is 17.3 Å². The smallest absolute Gasteiger partial charge is 0.260 e. The number of anilines is 1. The minimum Gasteiger partial charge on any atom is -0.493 e. The molecular weight excluding hydrogens is 452 g/mol. The van der Waals surface area contributed by atoms with Crippen LogP contribution in [0.2, 0.25) is 0 Å². The number of carbonyl (C=O) groups excluding carboxylic acids is 1. The number of carbonyl (C=O) groups is 1. The van der Waals surface area contributed by atoms with Crippen molar-refractivity contribution < 1.29 is 14.3 Å². The highest BCUT2D eigenvalue weighted by Crippen LogP contribution is 2.37. The molecule has 0 spiro atoms. The molecule has 5 nitrogen and oxygen atoms in total. The van der Waals surface area contributed by atoms with E-state index in [1.807, 2.05) is 44.2 Å². The molecule has 1 heterocycles. The van der Waals surface area contributed by atoms with Crippen LogP contribution < -0.4 is 20.1 Å². The molecule has 1 aliphatic rings. The van der Waals surface area contributed by atoms with Crippen LogP contribution in [-0.2, 0) is 11.2 Å². The van der Waals surface area contributed by atoms with Crippen LogP contribution in [-0.4, -0.2) is 24.6 Å². The summed E-state index contributed by atoms with van der Waals surface area (Å²) in [5.41, 5.74) is 2.86. The highest BCUT2D eigenvalue weighted by molar-refractivity contribution is 9.10. The van der Waals surface area contributed by atoms with E-state index in [1.54, 1.807) is 0 Å². The molecule has 0 bridgehead atoms. The zero-order valence-corrected chi connectivity index (χ0v) is 19.2. The fraction of sp³-hybridized carbons (Fsp3) is 0.318. The number of thioether (sulfide) groups is 1. The van der Waals surface area contributed by atoms with Gasteiger partial charge in [0.2, 0.25) is 0 Å². The van der Waals surface area contributed by atoms with Crippen LogP contribution >= 0.6 is 27.7 Å². The molecule has 154 valence electrons. The Labute approximate surface area is 184 Å². The Balaban J connectivity index is 1.79. The van der Waals surface area contributed by atoms with Gasteiger partial charge in [0.25, 0.3) is 5.91 Å². The summed E-state index contributed by atoms with van der Waals surface area (Å²) in [7, 11) is 0. The number of rotatable bonds is 8. The summed E-state index contributed by atoms with van der Waals surface area (Å²) in [5, 5.41) is 6.31. The molecule has 1 unspecified atom stereocenters. The minimum absolute atomic E-state index is 0.106. The fourth-order valence-corrected chi connectivity index (χ4v) is 4.36. The van der Waals surface area contributed by atoms with Crippen LogP contribution in [0.4, 0.5) is 5.69 Å². The van der Waals surface area contributed by atoms with E-state index in [-0.39, 0.29) is 11.4 Å². The van der Waals surface area contributed by atoms with E-state index in [2.05, 4.69) is 45.6 Å². The van der Waals surface area contributed by atoms with Crippen LogP contribution in [0.3, 0.4) is 0 Å². The lowest BCUT2D eigenvalue weighted by atomic mass is 10.1. The average molecular weight is 477 g/mol. The first kappa shape index (κ1) is 21.6. The third-order valence-electron chi connectivity index (χ3n) is 4.34. The number of amides is 1. The number of hydrogen-bond donors (Lipinski definition) is 2. The molecule has 1 fully saturated rings. The van der Waals surface area contributed by atoms with Gasteiger partial charge in [-0.3, -0.25) is 4.79 Å². The summed E-state index contributed by atoms with van der Waals surface area (Å²) < 4.78 is 12.2. The molecule has 2 N–H and O–H groups in total. The van der Waals surface area contributed by atoms with Crippen molar-refractivity contribution in [2.75, 3.05) is 18.5 Å². The standard InChI is InChI=1S/C22H25BrN2O3S/c1-4-14-7-9-16(10-8-14)24-22-25-21(26)20(29-22)12-15-11-17(23)19(28-6-3)13-18(15)27-5-2/h7-13,22,24H,4-6H2,1-3H3,(H,25,26)/b20-12+. The van der Waals surface area contributed by atoms with Gasteiger partial charge in [-0.1, -0.05) is 30.8 Å². The predicted octanol–water partition coefficient (Wildman–Crippen LogP) is 5.41. The number of benzene rings is 2. The molecule has 1 saturated heterocycles. The lowest BCUT2D eigenvalue weighted by Gasteiger charge is -2.13. The van der Waals surface area contributed by atoms with Gasteiger partial charge in [0.15, 0.2) is 5.50 Å². The second kappa shape index (κ2) is 10.1. The monoisotopic (exact) mass is 476 g/mol. The maximum Gasteiger partial charge on any atom is 0.260 e. The summed E-state index contributed by atoms with van der Waals surface area (Å²) in [4.78, 5) is 13.1. The molecule has 29 heavy (non-hydrogen) atoms. The molecule has 0 aromatic heterocycles. The molecule has 0 saturated carbocycles. The average Bonchev–Trinajstić information content (AvgIpc) is 3.05. The van der Waals surface area contributed by atoms with E-state index in [9.17, 15) is 4.79 Å². The fourth-order valence-electron chi connectivity index (χ4n) is 2.90. The third kappa shape index (κ3) is 5.48. The minimum atomic E-state index is -0.220. The molecule has 1 aliphatic heterocycles. The summed E-state index contributed by atoms with van der Waals surface area (Å²) in [6.07, 6.45) is 2.86. The number of halogens is 1. The van der Waals surface area contributed by atoms with Crippen molar-refractivity contribution in [3.05, 3.63) is 56.9 Å². The van der Waals surface area contributed by atoms with Crippen molar-refractivity contribution in [2.24, 2.45) is 0 Å². The molecule has 1 amide bonds. The molecule has 2 aromatic carbocycles. The number of nitrogens with one attached hydrogen (secondary N) is 2. The first-order valence-electron chi connectivity index (χ1n) is 9.67. The van der Waals surface area contributed by atoms with E-state index in [1.165, 1.54) is 17.3 Å². The first-order chi connectivity index (χ1) is 14.0. The van der Waals surface area contributed by atoms with E-state index in [0.717, 1.165) is 27.9 Å². The van der Waals surface area contributed by atoms with Crippen LogP contribution in [0, 0.1) is 0 Å². The van der Waals surface area contributed by atoms with Crippen molar-refractivity contribution in [1.29, 1.82) is 0 Å². The molecule has 2 aromatic rings. The maximum atomic E-state index is 12.5. The largest absolute Gasteiger partial charge is 0.493 e. The molecule has 0 aliphatic carbocycles. The Kier molecular flexibility index (Phi) is 7.50. The van der Waals surface area contributed by atoms with Gasteiger partial charge in [-0.05, 0) is 66.0 Å². The topological polar surface area (TPSA) is 59.6 Å². The molecule has 7 heteroatoms. The van der Waals surface area contributed by atoms with Gasteiger partial charge in [-0.15, -0.1) is 0 Å². The van der Waals surface area contributed by atoms with Gasteiger partial charge in [-0.25, -0.2) is 0 Å². The number of ether oxygens (including phenoxy) is 2. The van der Waals surface area contributed by atoms with Crippen LogP contribution in [0.1, 0.15) is 31.9 Å². The predicted molar refractivity (Wildman–Crippen MR) is 123 cm³/mol. The van der Waals surface area contributed by atoms with Crippen molar-refractivity contribution in [1.82, 2.24) is 5.32 Å². The highest BCUT2D eigenvalue weighted by Gasteiger charge is 2.27. The summed E-state index contributed by atoms with van der Waals surface area (Å²) >= 11 is 4.99. The Morgan fingerprint density at radius 1 is 1.10 bits per heavy atom. The van der Waals surface area contributed by atoms with Gasteiger partial charge in [0.1, 0.15) is 11.5 Å². The third-order valence-corrected chi connectivity index (χ3v) is 5.99. The van der Waals surface area contributed by atoms with Crippen molar-refractivity contribution in [3.63, 3.8) is 0 Å². The molecule has 3 rings (SSSR count). The van der Waals surface area contributed by atoms with Gasteiger partial charge >= 0.3 is 0 Å². The Bertz CT molecular complexity index is 900. The van der Waals surface area contributed by atoms with Crippen molar-refractivity contribution in [2.45, 2.75) is 32.7 Å². The van der Waals surface area contributed by atoms with Gasteiger partial charge in [-0.2, -0.15) is 0 Å². The Morgan fingerprint density at radius 3 is 2.45 bits per heavy atom. The van der Waals surface area contributed by atoms with E-state index in [0.29, 0.717) is 23.9 Å². The molecule has 1 atom stereocenters. The summed E-state index contributed by atoms with van der Waals surface area (Å²) in [6.45, 7) is 7.09. The molecule has 0 radical (unpaired) electrons. The molecular formula is C22H25BrN2O3S. The maximum absolute atomic E-state index is 12.5. The number of aryl methyl sites for hydroxylation is 1. The number of hydrogen-bond acceptors (Lipinski definition) is 5. The zero-order chi connectivity index (χ0) is 20.8. The van der Waals surface area contributed by atoms with E-state index < -0.39 is 0 Å². The normalized spacial score (nSPS) is 17.3. The van der Waals surface area contributed by atoms with Gasteiger partial charge in [0.05, 0.1) is 22.6 Å². The van der Waals surface area contributed by atoms with Gasteiger partial charge < -0.3 is 20.1 Å². The second-order valence-electron chi connectivity index (χ2n) is 6.36. The lowest BCUT2D eigenvalue weighted by molar-refractivity contribution is -0.116. The van der Waals surface area contributed by atoms with Crippen molar-refractivity contribution >= 4 is 45.4 Å². The summed E-state index contributed by atoms with van der Waals surface area (Å²) in [5.74, 6) is 1.30. The van der Waals surface area contributed by atoms with Crippen LogP contribution in [0.5, 0.6) is 11.5 Å². The second-order valence-corrected chi connectivity index (χ2v) is 8.36. The quantitative estimate of drug-likeness (QED) is 0.498. The Hall–Kier alpha value is -2.12. The highest BCUT2D eigenvalue weighted by atomic mass is 79.9. The van der Waals surface area contributed by atoms with E-state index in [4.69, 9.17) is 9.47 Å². The van der Waals surface area contributed by atoms with Crippen LogP contribution in [0.25, 0.3) is 6.08 Å². The lowest BCUT2D eigenvalue weighted by Crippen LogP contribution is -2.30. The van der Waals surface area contributed by atoms with Crippen LogP contribution in [0.15, 0.2) is 45.8 Å². The van der Waals surface area contributed by atoms with E-state index >= 15 is 0 Å².